The molecule has 0 aliphatic heterocycles. The van der Waals surface area contributed by atoms with Crippen molar-refractivity contribution in [1.29, 1.82) is 0 Å². The number of carbonyl (C=O) groups is 2. The molecule has 156 valence electrons. The topological polar surface area (TPSA) is 99.2 Å². The SMILES string of the molecule is Cc1c(C)n(C(N)=O)c2c(Nc3cccc(Cl)c3)ncc(C(=O)OCC3CCC3)c12. The Hall–Kier alpha value is -3.06. The summed E-state index contributed by atoms with van der Waals surface area (Å²) in [6, 6.07) is 6.49. The lowest BCUT2D eigenvalue weighted by molar-refractivity contribution is 0.0373. The van der Waals surface area contributed by atoms with Crippen molar-refractivity contribution >= 4 is 46.0 Å². The number of hydrogen-bond acceptors (Lipinski definition) is 5. The van der Waals surface area contributed by atoms with E-state index in [4.69, 9.17) is 22.1 Å². The molecule has 3 aromatic rings. The van der Waals surface area contributed by atoms with Gasteiger partial charge in [0, 0.05) is 28.0 Å². The van der Waals surface area contributed by atoms with Crippen LogP contribution in [0, 0.1) is 19.8 Å². The number of primary amides is 1. The van der Waals surface area contributed by atoms with Crippen molar-refractivity contribution in [1.82, 2.24) is 9.55 Å². The zero-order valence-electron chi connectivity index (χ0n) is 16.9. The number of halogens is 1. The Morgan fingerprint density at radius 3 is 2.73 bits per heavy atom. The number of hydrogen-bond donors (Lipinski definition) is 2. The van der Waals surface area contributed by atoms with Crippen LogP contribution in [0.4, 0.5) is 16.3 Å². The van der Waals surface area contributed by atoms with E-state index >= 15 is 0 Å². The number of ether oxygens (including phenoxy) is 1. The fourth-order valence-electron chi connectivity index (χ4n) is 3.77. The van der Waals surface area contributed by atoms with Crippen LogP contribution in [-0.2, 0) is 4.74 Å². The van der Waals surface area contributed by atoms with Crippen LogP contribution in [0.2, 0.25) is 5.02 Å². The third kappa shape index (κ3) is 3.61. The molecule has 0 spiro atoms. The molecule has 0 bridgehead atoms. The molecule has 2 heterocycles. The van der Waals surface area contributed by atoms with Gasteiger partial charge in [0.1, 0.15) is 5.52 Å². The maximum atomic E-state index is 12.8. The van der Waals surface area contributed by atoms with Crippen molar-refractivity contribution in [3.8, 4) is 0 Å². The first-order chi connectivity index (χ1) is 14.4. The summed E-state index contributed by atoms with van der Waals surface area (Å²) >= 11 is 6.08. The van der Waals surface area contributed by atoms with Crippen molar-refractivity contribution in [2.45, 2.75) is 33.1 Å². The third-order valence-electron chi connectivity index (χ3n) is 5.73. The van der Waals surface area contributed by atoms with Crippen LogP contribution in [0.15, 0.2) is 30.5 Å². The number of benzene rings is 1. The van der Waals surface area contributed by atoms with Crippen LogP contribution in [0.1, 0.15) is 40.9 Å². The van der Waals surface area contributed by atoms with E-state index in [-0.39, 0.29) is 0 Å². The molecule has 0 radical (unpaired) electrons. The van der Waals surface area contributed by atoms with Gasteiger partial charge in [0.05, 0.1) is 12.2 Å². The lowest BCUT2D eigenvalue weighted by Crippen LogP contribution is -2.21. The molecule has 0 saturated heterocycles. The molecule has 2 aromatic heterocycles. The zero-order valence-corrected chi connectivity index (χ0v) is 17.6. The average molecular weight is 427 g/mol. The number of nitrogens with zero attached hydrogens (tertiary/aromatic N) is 2. The van der Waals surface area contributed by atoms with Gasteiger partial charge in [-0.1, -0.05) is 24.1 Å². The molecule has 8 heteroatoms. The Bertz CT molecular complexity index is 1150. The highest BCUT2D eigenvalue weighted by molar-refractivity contribution is 6.30. The monoisotopic (exact) mass is 426 g/mol. The minimum absolute atomic E-state index is 0.321. The first-order valence-electron chi connectivity index (χ1n) is 9.87. The fraction of sp³-hybridized carbons (Fsp3) is 0.318. The summed E-state index contributed by atoms with van der Waals surface area (Å²) in [6.45, 7) is 4.03. The minimum atomic E-state index is -0.651. The molecule has 1 saturated carbocycles. The quantitative estimate of drug-likeness (QED) is 0.563. The fourth-order valence-corrected chi connectivity index (χ4v) is 3.96. The maximum absolute atomic E-state index is 12.8. The summed E-state index contributed by atoms with van der Waals surface area (Å²) in [7, 11) is 0. The second-order valence-corrected chi connectivity index (χ2v) is 8.10. The minimum Gasteiger partial charge on any atom is -0.462 e. The van der Waals surface area contributed by atoms with Gasteiger partial charge in [0.15, 0.2) is 5.82 Å². The average Bonchev–Trinajstić information content (AvgIpc) is 2.93. The van der Waals surface area contributed by atoms with Gasteiger partial charge in [-0.3, -0.25) is 4.57 Å². The normalized spacial score (nSPS) is 13.8. The summed E-state index contributed by atoms with van der Waals surface area (Å²) in [6.07, 6.45) is 4.83. The van der Waals surface area contributed by atoms with E-state index in [2.05, 4.69) is 10.3 Å². The zero-order chi connectivity index (χ0) is 21.4. The van der Waals surface area contributed by atoms with Crippen molar-refractivity contribution in [3.63, 3.8) is 0 Å². The van der Waals surface area contributed by atoms with Crippen molar-refractivity contribution < 1.29 is 14.3 Å². The number of aromatic nitrogens is 2. The maximum Gasteiger partial charge on any atom is 0.340 e. The van der Waals surface area contributed by atoms with Gasteiger partial charge in [-0.15, -0.1) is 0 Å². The van der Waals surface area contributed by atoms with Crippen LogP contribution in [0.25, 0.3) is 10.9 Å². The van der Waals surface area contributed by atoms with Gasteiger partial charge < -0.3 is 15.8 Å². The highest BCUT2D eigenvalue weighted by Gasteiger charge is 2.26. The molecule has 1 aromatic carbocycles. The second kappa shape index (κ2) is 7.99. The molecule has 7 nitrogen and oxygen atoms in total. The number of rotatable bonds is 5. The third-order valence-corrected chi connectivity index (χ3v) is 5.97. The number of nitrogens with two attached hydrogens (primary N) is 1. The summed E-state index contributed by atoms with van der Waals surface area (Å²) in [5, 5.41) is 4.34. The number of nitrogens with one attached hydrogen (secondary N) is 1. The number of anilines is 2. The van der Waals surface area contributed by atoms with E-state index in [1.807, 2.05) is 13.0 Å². The summed E-state index contributed by atoms with van der Waals surface area (Å²) in [5.74, 6) is 0.385. The van der Waals surface area contributed by atoms with E-state index in [9.17, 15) is 9.59 Å². The standard InChI is InChI=1S/C22H23ClN4O3/c1-12-13(2)27(22(24)29)19-18(12)17(21(28)30-11-14-5-3-6-14)10-25-20(19)26-16-8-4-7-15(23)9-16/h4,7-10,14H,3,5-6,11H2,1-2H3,(H2,24,29)(H,25,26). The smallest absolute Gasteiger partial charge is 0.340 e. The van der Waals surface area contributed by atoms with Crippen molar-refractivity contribution in [3.05, 3.63) is 52.3 Å². The molecule has 30 heavy (non-hydrogen) atoms. The van der Waals surface area contributed by atoms with Crippen molar-refractivity contribution in [2.24, 2.45) is 11.7 Å². The highest BCUT2D eigenvalue weighted by Crippen LogP contribution is 2.34. The van der Waals surface area contributed by atoms with Crippen LogP contribution >= 0.6 is 11.6 Å². The molecule has 1 fully saturated rings. The first-order valence-corrected chi connectivity index (χ1v) is 10.2. The van der Waals surface area contributed by atoms with Crippen LogP contribution in [-0.4, -0.2) is 28.2 Å². The Morgan fingerprint density at radius 2 is 2.10 bits per heavy atom. The first kappa shape index (κ1) is 20.2. The highest BCUT2D eigenvalue weighted by atomic mass is 35.5. The molecular formula is C22H23ClN4O3. The number of carbonyl (C=O) groups excluding carboxylic acids is 2. The van der Waals surface area contributed by atoms with Crippen LogP contribution in [0.5, 0.6) is 0 Å². The van der Waals surface area contributed by atoms with E-state index in [0.717, 1.165) is 18.4 Å². The molecular weight excluding hydrogens is 404 g/mol. The largest absolute Gasteiger partial charge is 0.462 e. The predicted octanol–water partition coefficient (Wildman–Crippen LogP) is 4.93. The van der Waals surface area contributed by atoms with E-state index < -0.39 is 12.0 Å². The van der Waals surface area contributed by atoms with E-state index in [1.54, 1.807) is 25.1 Å². The van der Waals surface area contributed by atoms with Crippen LogP contribution < -0.4 is 11.1 Å². The summed E-state index contributed by atoms with van der Waals surface area (Å²) in [5.41, 5.74) is 8.54. The number of pyridine rings is 1. The van der Waals surface area contributed by atoms with Gasteiger partial charge in [0.2, 0.25) is 0 Å². The lowest BCUT2D eigenvalue weighted by Gasteiger charge is -2.24. The number of aryl methyl sites for hydroxylation is 1. The molecule has 1 aliphatic rings. The Balaban J connectivity index is 1.82. The number of amides is 1. The molecule has 4 rings (SSSR count). The van der Waals surface area contributed by atoms with Gasteiger partial charge in [-0.05, 0) is 56.4 Å². The van der Waals surface area contributed by atoms with Gasteiger partial charge in [-0.2, -0.15) is 0 Å². The number of fused-ring (bicyclic) bond motifs is 1. The number of esters is 1. The van der Waals surface area contributed by atoms with Gasteiger partial charge >= 0.3 is 12.0 Å². The molecule has 1 amide bonds. The molecule has 0 atom stereocenters. The molecule has 1 aliphatic carbocycles. The van der Waals surface area contributed by atoms with E-state index in [0.29, 0.717) is 51.2 Å². The Labute approximate surface area is 179 Å². The Morgan fingerprint density at radius 1 is 1.33 bits per heavy atom. The second-order valence-electron chi connectivity index (χ2n) is 7.66. The van der Waals surface area contributed by atoms with Crippen molar-refractivity contribution in [2.75, 3.05) is 11.9 Å². The predicted molar refractivity (Wildman–Crippen MR) is 117 cm³/mol. The lowest BCUT2D eigenvalue weighted by atomic mass is 9.86. The summed E-state index contributed by atoms with van der Waals surface area (Å²) < 4.78 is 6.90. The molecule has 3 N–H and O–H groups in total. The van der Waals surface area contributed by atoms with Crippen LogP contribution in [0.3, 0.4) is 0 Å². The van der Waals surface area contributed by atoms with Gasteiger partial charge in [0.25, 0.3) is 0 Å². The Kier molecular flexibility index (Phi) is 5.39. The molecule has 0 unspecified atom stereocenters. The van der Waals surface area contributed by atoms with E-state index in [1.165, 1.54) is 17.2 Å². The van der Waals surface area contributed by atoms with Gasteiger partial charge in [-0.25, -0.2) is 14.6 Å². The summed E-state index contributed by atoms with van der Waals surface area (Å²) in [4.78, 5) is 29.5.